The number of aliphatic hydroxyl groups excluding tert-OH is 2. The molecule has 0 spiro atoms. The molecule has 28 heavy (non-hydrogen) atoms. The maximum atomic E-state index is 11.3. The van der Waals surface area contributed by atoms with Crippen LogP contribution in [0.5, 0.6) is 0 Å². The summed E-state index contributed by atoms with van der Waals surface area (Å²) in [5.41, 5.74) is 5.07. The Labute approximate surface area is 171 Å². The van der Waals surface area contributed by atoms with E-state index < -0.39 is 4.97 Å². The number of hydroxylamine groups is 3. The van der Waals surface area contributed by atoms with Crippen LogP contribution in [0.25, 0.3) is 0 Å². The summed E-state index contributed by atoms with van der Waals surface area (Å²) in [7, 11) is 0. The predicted octanol–water partition coefficient (Wildman–Crippen LogP) is 3.34. The molecule has 0 aromatic rings. The third kappa shape index (κ3) is 23.3. The maximum Gasteiger partial charge on any atom is 0.217 e. The number of hydrogen-bond donors (Lipinski definition) is 3. The molecule has 0 heterocycles. The second-order valence-electron chi connectivity index (χ2n) is 6.79. The molecule has 8 nitrogen and oxygen atoms in total. The number of quaternary nitrogens is 1. The molecule has 8 heteroatoms. The van der Waals surface area contributed by atoms with Crippen LogP contribution in [0.4, 0.5) is 0 Å². The summed E-state index contributed by atoms with van der Waals surface area (Å²) in [5, 5.41) is 28.0. The van der Waals surface area contributed by atoms with E-state index in [0.29, 0.717) is 6.42 Å². The van der Waals surface area contributed by atoms with Gasteiger partial charge in [-0.2, -0.15) is 9.68 Å². The van der Waals surface area contributed by atoms with Crippen molar-refractivity contribution in [2.45, 2.75) is 90.9 Å². The molecule has 0 saturated carbocycles. The van der Waals surface area contributed by atoms with E-state index in [1.165, 1.54) is 64.2 Å². The Balaban J connectivity index is 0. The Hall–Kier alpha value is -0.770. The smallest absolute Gasteiger partial charge is 0.217 e. The van der Waals surface area contributed by atoms with Gasteiger partial charge in [-0.25, -0.2) is 0 Å². The zero-order valence-electron chi connectivity index (χ0n) is 18.1. The summed E-state index contributed by atoms with van der Waals surface area (Å²) in [6.07, 6.45) is 15.0. The standard InChI is InChI=1S/C14H29NO.C6H15NO5/c1-2-3-4-5-6-7-8-9-10-11-12-13-14(15)16;1-2-7(10,11-5-3-8)12-6-4-9/h2-13H2,1H3,(H2,15,16);8-9H,2-6H2,1H3. The van der Waals surface area contributed by atoms with Crippen LogP contribution in [0.3, 0.4) is 0 Å². The van der Waals surface area contributed by atoms with E-state index in [0.717, 1.165) is 6.42 Å². The largest absolute Gasteiger partial charge is 0.564 e. The Morgan fingerprint density at radius 1 is 0.821 bits per heavy atom. The number of amides is 1. The minimum Gasteiger partial charge on any atom is -0.564 e. The monoisotopic (exact) mass is 408 g/mol. The quantitative estimate of drug-likeness (QED) is 0.171. The molecule has 0 atom stereocenters. The summed E-state index contributed by atoms with van der Waals surface area (Å²) in [6.45, 7) is 3.29. The van der Waals surface area contributed by atoms with Gasteiger partial charge in [0.15, 0.2) is 0 Å². The number of carbonyl (C=O) groups excluding carboxylic acids is 1. The lowest BCUT2D eigenvalue weighted by Gasteiger charge is -2.33. The van der Waals surface area contributed by atoms with E-state index >= 15 is 0 Å². The third-order valence-corrected chi connectivity index (χ3v) is 4.17. The number of nitrogens with zero attached hydrogens (tertiary/aromatic N) is 1. The van der Waals surface area contributed by atoms with Crippen LogP contribution in [-0.4, -0.2) is 54.1 Å². The van der Waals surface area contributed by atoms with Gasteiger partial charge in [0, 0.05) is 6.42 Å². The van der Waals surface area contributed by atoms with Crippen LogP contribution < -0.4 is 5.73 Å². The first kappa shape index (κ1) is 29.4. The summed E-state index contributed by atoms with van der Waals surface area (Å²) >= 11 is 0. The number of nitrogens with two attached hydrogens (primary N) is 1. The molecular weight excluding hydrogens is 364 g/mol. The lowest BCUT2D eigenvalue weighted by Crippen LogP contribution is -2.43. The van der Waals surface area contributed by atoms with Crippen LogP contribution in [0.15, 0.2) is 0 Å². The SMILES string of the molecule is CCCCCCCCCCCCCC(N)=O.CC[N+]([O-])(OCCO)OCCO. The molecule has 0 aliphatic carbocycles. The fraction of sp³-hybridized carbons (Fsp3) is 0.950. The van der Waals surface area contributed by atoms with Crippen LogP contribution in [0.2, 0.25) is 0 Å². The van der Waals surface area contributed by atoms with Crippen molar-refractivity contribution in [3.05, 3.63) is 5.21 Å². The molecule has 0 saturated heterocycles. The minimum atomic E-state index is -1.29. The first-order chi connectivity index (χ1) is 13.5. The first-order valence-corrected chi connectivity index (χ1v) is 10.8. The molecule has 0 bridgehead atoms. The summed E-state index contributed by atoms with van der Waals surface area (Å²) in [6, 6.07) is 0. The van der Waals surface area contributed by atoms with Crippen LogP contribution in [0.1, 0.15) is 90.9 Å². The zero-order chi connectivity index (χ0) is 21.5. The highest BCUT2D eigenvalue weighted by Gasteiger charge is 2.17. The molecule has 0 fully saturated rings. The van der Waals surface area contributed by atoms with Gasteiger partial charge in [-0.1, -0.05) is 76.1 Å². The highest BCUT2D eigenvalue weighted by Crippen LogP contribution is 2.11. The van der Waals surface area contributed by atoms with Crippen LogP contribution >= 0.6 is 0 Å². The van der Waals surface area contributed by atoms with E-state index in [4.69, 9.17) is 15.9 Å². The lowest BCUT2D eigenvalue weighted by molar-refractivity contribution is -1.21. The average molecular weight is 409 g/mol. The number of rotatable bonds is 19. The normalized spacial score (nSPS) is 11.2. The third-order valence-electron chi connectivity index (χ3n) is 4.17. The number of aliphatic hydroxyl groups is 2. The summed E-state index contributed by atoms with van der Waals surface area (Å²) < 4.78 is 0. The fourth-order valence-electron chi connectivity index (χ4n) is 2.54. The van der Waals surface area contributed by atoms with E-state index in [2.05, 4.69) is 16.6 Å². The van der Waals surface area contributed by atoms with Gasteiger partial charge in [0.25, 0.3) is 0 Å². The molecule has 0 aliphatic heterocycles. The van der Waals surface area contributed by atoms with Gasteiger partial charge < -0.3 is 21.2 Å². The summed E-state index contributed by atoms with van der Waals surface area (Å²) in [4.78, 5) is 18.4. The Morgan fingerprint density at radius 3 is 1.54 bits per heavy atom. The number of carbonyl (C=O) groups is 1. The van der Waals surface area contributed by atoms with E-state index in [1.54, 1.807) is 6.92 Å². The van der Waals surface area contributed by atoms with Crippen molar-refractivity contribution < 1.29 is 29.7 Å². The zero-order valence-corrected chi connectivity index (χ0v) is 18.1. The number of hydrogen-bond acceptors (Lipinski definition) is 6. The van der Waals surface area contributed by atoms with Gasteiger partial charge in [0.05, 0.1) is 13.2 Å². The van der Waals surface area contributed by atoms with Crippen molar-refractivity contribution in [2.24, 2.45) is 5.73 Å². The molecule has 0 radical (unpaired) electrons. The topological polar surface area (TPSA) is 125 Å². The van der Waals surface area contributed by atoms with Crippen molar-refractivity contribution in [1.82, 2.24) is 0 Å². The van der Waals surface area contributed by atoms with Gasteiger partial charge in [-0.15, -0.1) is 0 Å². The van der Waals surface area contributed by atoms with E-state index in [-0.39, 0.29) is 38.9 Å². The van der Waals surface area contributed by atoms with E-state index in [1.807, 2.05) is 0 Å². The van der Waals surface area contributed by atoms with Crippen molar-refractivity contribution in [1.29, 1.82) is 0 Å². The second-order valence-corrected chi connectivity index (χ2v) is 6.79. The van der Waals surface area contributed by atoms with Crippen LogP contribution in [0, 0.1) is 5.21 Å². The molecule has 0 aliphatic rings. The van der Waals surface area contributed by atoms with Gasteiger partial charge in [-0.05, 0) is 13.3 Å². The van der Waals surface area contributed by atoms with Gasteiger partial charge >= 0.3 is 0 Å². The van der Waals surface area contributed by atoms with Crippen molar-refractivity contribution >= 4 is 5.91 Å². The van der Waals surface area contributed by atoms with Crippen molar-refractivity contribution in [2.75, 3.05) is 33.0 Å². The molecule has 0 aromatic carbocycles. The number of unbranched alkanes of at least 4 members (excludes halogenated alkanes) is 10. The highest BCUT2D eigenvalue weighted by molar-refractivity contribution is 5.73. The molecule has 0 unspecified atom stereocenters. The Morgan fingerprint density at radius 2 is 1.21 bits per heavy atom. The predicted molar refractivity (Wildman–Crippen MR) is 111 cm³/mol. The average Bonchev–Trinajstić information content (AvgIpc) is 2.69. The fourth-order valence-corrected chi connectivity index (χ4v) is 2.54. The summed E-state index contributed by atoms with van der Waals surface area (Å²) in [5.74, 6) is -0.157. The molecule has 1 amide bonds. The molecule has 0 aromatic heterocycles. The molecule has 170 valence electrons. The Kier molecular flexibility index (Phi) is 23.7. The maximum absolute atomic E-state index is 11.3. The van der Waals surface area contributed by atoms with E-state index in [9.17, 15) is 10.0 Å². The van der Waals surface area contributed by atoms with Gasteiger partial charge in [0.1, 0.15) is 19.8 Å². The second kappa shape index (κ2) is 22.5. The van der Waals surface area contributed by atoms with Crippen molar-refractivity contribution in [3.8, 4) is 0 Å². The highest BCUT2D eigenvalue weighted by atomic mass is 17.2. The minimum absolute atomic E-state index is 0.0694. The lowest BCUT2D eigenvalue weighted by atomic mass is 10.1. The van der Waals surface area contributed by atoms with Gasteiger partial charge in [-0.3, -0.25) is 4.79 Å². The molecular formula is C20H44N2O6. The van der Waals surface area contributed by atoms with Gasteiger partial charge in [0.2, 0.25) is 5.91 Å². The van der Waals surface area contributed by atoms with Crippen molar-refractivity contribution in [3.63, 3.8) is 0 Å². The Bertz CT molecular complexity index is 324. The number of primary amides is 1. The first-order valence-electron chi connectivity index (χ1n) is 10.8. The molecule has 4 N–H and O–H groups in total. The van der Waals surface area contributed by atoms with Crippen LogP contribution in [-0.2, 0) is 14.5 Å². The molecule has 0 rings (SSSR count).